The highest BCUT2D eigenvalue weighted by molar-refractivity contribution is 6.39. The number of hydrogen-bond donors (Lipinski definition) is 2. The highest BCUT2D eigenvalue weighted by atomic mass is 19.4. The molecule has 0 saturated carbocycles. The van der Waals surface area contributed by atoms with Gasteiger partial charge in [0.2, 0.25) is 5.91 Å². The first kappa shape index (κ1) is 20.3. The maximum Gasteiger partial charge on any atom is 0.417 e. The van der Waals surface area contributed by atoms with E-state index in [1.165, 1.54) is 0 Å². The Labute approximate surface area is 173 Å². The highest BCUT2D eigenvalue weighted by Gasteiger charge is 2.56. The maximum absolute atomic E-state index is 12.7. The highest BCUT2D eigenvalue weighted by Crippen LogP contribution is 2.46. The van der Waals surface area contributed by atoms with Gasteiger partial charge in [0.05, 0.1) is 17.0 Å². The molecule has 2 aliphatic heterocycles. The number of likely N-dealkylation sites (tertiary alicyclic amines) is 1. The molecule has 0 unspecified atom stereocenters. The summed E-state index contributed by atoms with van der Waals surface area (Å²) in [6.07, 6.45) is -4.04. The summed E-state index contributed by atoms with van der Waals surface area (Å²) < 4.78 is 37.9. The van der Waals surface area contributed by atoms with Crippen molar-refractivity contribution in [3.63, 3.8) is 0 Å². The zero-order valence-electron chi connectivity index (χ0n) is 15.7. The van der Waals surface area contributed by atoms with Crippen LogP contribution in [0.5, 0.6) is 0 Å². The molecule has 2 aliphatic rings. The molecule has 3 heterocycles. The molecule has 1 saturated heterocycles. The lowest BCUT2D eigenvalue weighted by Gasteiger charge is -2.22. The summed E-state index contributed by atoms with van der Waals surface area (Å²) >= 11 is 0. The average Bonchev–Trinajstić information content (AvgIpc) is 3.26. The van der Waals surface area contributed by atoms with Gasteiger partial charge in [-0.05, 0) is 23.8 Å². The number of hydrogen-bond acceptors (Lipinski definition) is 5. The Bertz CT molecular complexity index is 1130. The van der Waals surface area contributed by atoms with Crippen molar-refractivity contribution in [2.45, 2.75) is 24.1 Å². The molecule has 1 spiro atoms. The smallest absolute Gasteiger partial charge is 0.325 e. The van der Waals surface area contributed by atoms with Gasteiger partial charge >= 0.3 is 18.0 Å². The van der Waals surface area contributed by atoms with Crippen LogP contribution in [0.2, 0.25) is 0 Å². The number of carbonyl (C=O) groups excluding carboxylic acids is 3. The molecular formula is C20H14F3N5O3. The van der Waals surface area contributed by atoms with Crippen LogP contribution in [0.15, 0.2) is 42.6 Å². The lowest BCUT2D eigenvalue weighted by atomic mass is 9.80. The Morgan fingerprint density at radius 1 is 1.26 bits per heavy atom. The number of para-hydroxylation sites is 1. The van der Waals surface area contributed by atoms with Gasteiger partial charge in [-0.1, -0.05) is 18.2 Å². The number of alkyl halides is 3. The van der Waals surface area contributed by atoms with Gasteiger partial charge in [-0.2, -0.15) is 18.4 Å². The molecule has 31 heavy (non-hydrogen) atoms. The van der Waals surface area contributed by atoms with Gasteiger partial charge in [0.1, 0.15) is 11.9 Å². The number of nitriles is 1. The van der Waals surface area contributed by atoms with Crippen molar-refractivity contribution in [3.05, 3.63) is 53.7 Å². The van der Waals surface area contributed by atoms with Crippen LogP contribution < -0.4 is 10.6 Å². The normalized spacial score (nSPS) is 22.1. The van der Waals surface area contributed by atoms with Crippen molar-refractivity contribution >= 4 is 29.2 Å². The van der Waals surface area contributed by atoms with Gasteiger partial charge in [0.15, 0.2) is 0 Å². The van der Waals surface area contributed by atoms with E-state index in [4.69, 9.17) is 0 Å². The van der Waals surface area contributed by atoms with Gasteiger partial charge in [-0.25, -0.2) is 4.98 Å². The molecule has 4 rings (SSSR count). The fourth-order valence-corrected chi connectivity index (χ4v) is 3.90. The van der Waals surface area contributed by atoms with Gasteiger partial charge in [0.25, 0.3) is 0 Å². The number of anilines is 2. The number of aromatic nitrogens is 1. The fraction of sp³-hybridized carbons (Fsp3) is 0.250. The minimum atomic E-state index is -4.59. The second-order valence-corrected chi connectivity index (χ2v) is 7.25. The average molecular weight is 429 g/mol. The van der Waals surface area contributed by atoms with Crippen LogP contribution >= 0.6 is 0 Å². The lowest BCUT2D eigenvalue weighted by molar-refractivity contribution is -0.143. The zero-order valence-corrected chi connectivity index (χ0v) is 15.7. The predicted molar refractivity (Wildman–Crippen MR) is 100 cm³/mol. The molecule has 3 amide bonds. The zero-order chi connectivity index (χ0) is 22.4. The summed E-state index contributed by atoms with van der Waals surface area (Å²) in [7, 11) is 0. The molecule has 1 aromatic heterocycles. The second-order valence-electron chi connectivity index (χ2n) is 7.25. The molecule has 2 aromatic rings. The number of nitrogens with one attached hydrogen (secondary N) is 2. The van der Waals surface area contributed by atoms with Crippen LogP contribution in [0, 0.1) is 11.3 Å². The van der Waals surface area contributed by atoms with Gasteiger partial charge in [0, 0.05) is 24.8 Å². The first-order chi connectivity index (χ1) is 14.7. The van der Waals surface area contributed by atoms with Crippen molar-refractivity contribution in [2.24, 2.45) is 0 Å². The van der Waals surface area contributed by atoms with E-state index in [0.29, 0.717) is 17.4 Å². The van der Waals surface area contributed by atoms with E-state index in [1.807, 2.05) is 6.07 Å². The van der Waals surface area contributed by atoms with E-state index < -0.39 is 35.0 Å². The molecule has 1 fully saturated rings. The maximum atomic E-state index is 12.7. The summed E-state index contributed by atoms with van der Waals surface area (Å²) in [5.41, 5.74) is -0.939. The Hall–Kier alpha value is -3.94. The van der Waals surface area contributed by atoms with Crippen molar-refractivity contribution in [2.75, 3.05) is 17.2 Å². The number of nitrogens with zero attached hydrogens (tertiary/aromatic N) is 3. The summed E-state index contributed by atoms with van der Waals surface area (Å²) in [6, 6.07) is 9.45. The second kappa shape index (κ2) is 7.09. The van der Waals surface area contributed by atoms with E-state index >= 15 is 0 Å². The third-order valence-corrected chi connectivity index (χ3v) is 5.42. The van der Waals surface area contributed by atoms with Crippen molar-refractivity contribution < 1.29 is 27.6 Å². The van der Waals surface area contributed by atoms with E-state index in [-0.39, 0.29) is 24.7 Å². The molecule has 0 bridgehead atoms. The van der Waals surface area contributed by atoms with Crippen LogP contribution in [-0.2, 0) is 26.0 Å². The molecule has 8 nitrogen and oxygen atoms in total. The number of benzene rings is 1. The van der Waals surface area contributed by atoms with Gasteiger partial charge in [-0.15, -0.1) is 0 Å². The van der Waals surface area contributed by atoms with E-state index in [9.17, 15) is 32.8 Å². The number of amides is 3. The summed E-state index contributed by atoms with van der Waals surface area (Å²) in [5, 5.41) is 14.4. The molecule has 1 aromatic carbocycles. The standard InChI is InChI=1S/C20H14F3N5O3/c21-20(22,23)11-5-6-15(25-9-11)27-16(29)17(30)28-10-19(7-12(28)8-24)13-3-1-2-4-14(13)26-18(19)31/h1-6,9,12H,7,10H2,(H,26,31)(H,25,27,29)/t12-,19-/m0/s1. The number of pyridine rings is 1. The van der Waals surface area contributed by atoms with Gasteiger partial charge in [-0.3, -0.25) is 14.4 Å². The monoisotopic (exact) mass is 429 g/mol. The van der Waals surface area contributed by atoms with Crippen LogP contribution in [0.25, 0.3) is 0 Å². The summed E-state index contributed by atoms with van der Waals surface area (Å²) in [5.74, 6) is -2.87. The Balaban J connectivity index is 1.54. The number of rotatable bonds is 1. The molecule has 2 atom stereocenters. The Morgan fingerprint density at radius 2 is 2.00 bits per heavy atom. The lowest BCUT2D eigenvalue weighted by Crippen LogP contribution is -2.44. The third-order valence-electron chi connectivity index (χ3n) is 5.42. The van der Waals surface area contributed by atoms with Crippen LogP contribution in [0.1, 0.15) is 17.5 Å². The SMILES string of the molecule is N#C[C@@H]1C[C@@]2(CN1C(=O)C(=O)Nc1ccc(C(F)(F)F)cn1)C(=O)Nc1ccccc12. The number of fused-ring (bicyclic) bond motifs is 2. The quantitative estimate of drug-likeness (QED) is 0.674. The third kappa shape index (κ3) is 3.35. The van der Waals surface area contributed by atoms with Crippen LogP contribution in [-0.4, -0.2) is 40.2 Å². The largest absolute Gasteiger partial charge is 0.417 e. The van der Waals surface area contributed by atoms with Gasteiger partial charge < -0.3 is 15.5 Å². The minimum Gasteiger partial charge on any atom is -0.325 e. The molecule has 0 radical (unpaired) electrons. The molecule has 0 aliphatic carbocycles. The van der Waals surface area contributed by atoms with E-state index in [2.05, 4.69) is 15.6 Å². The van der Waals surface area contributed by atoms with E-state index in [0.717, 1.165) is 17.0 Å². The molecule has 158 valence electrons. The Morgan fingerprint density at radius 3 is 2.65 bits per heavy atom. The first-order valence-electron chi connectivity index (χ1n) is 9.11. The fourth-order valence-electron chi connectivity index (χ4n) is 3.90. The molecular weight excluding hydrogens is 415 g/mol. The number of halogens is 3. The summed E-state index contributed by atoms with van der Waals surface area (Å²) in [6.45, 7) is -0.180. The van der Waals surface area contributed by atoms with E-state index in [1.54, 1.807) is 24.3 Å². The van der Waals surface area contributed by atoms with Crippen LogP contribution in [0.3, 0.4) is 0 Å². The molecule has 2 N–H and O–H groups in total. The summed E-state index contributed by atoms with van der Waals surface area (Å²) in [4.78, 5) is 42.3. The Kier molecular flexibility index (Phi) is 4.65. The van der Waals surface area contributed by atoms with Crippen molar-refractivity contribution in [3.8, 4) is 6.07 Å². The van der Waals surface area contributed by atoms with Crippen molar-refractivity contribution in [1.82, 2.24) is 9.88 Å². The topological polar surface area (TPSA) is 115 Å². The first-order valence-corrected chi connectivity index (χ1v) is 9.11. The van der Waals surface area contributed by atoms with Crippen LogP contribution in [0.4, 0.5) is 24.7 Å². The number of carbonyl (C=O) groups is 3. The van der Waals surface area contributed by atoms with Crippen molar-refractivity contribution in [1.29, 1.82) is 5.26 Å². The minimum absolute atomic E-state index is 0.0178. The molecule has 11 heteroatoms. The predicted octanol–water partition coefficient (Wildman–Crippen LogP) is 2.05.